The molecule has 138 valence electrons. The number of hydrogen-bond acceptors (Lipinski definition) is 4. The van der Waals surface area contributed by atoms with Crippen LogP contribution in [0.15, 0.2) is 24.3 Å². The number of nitrogens with zero attached hydrogens (tertiary/aromatic N) is 2. The molecule has 0 aromatic heterocycles. The minimum atomic E-state index is -0.291. The molecule has 3 rings (SSSR count). The Morgan fingerprint density at radius 2 is 2.12 bits per heavy atom. The summed E-state index contributed by atoms with van der Waals surface area (Å²) in [6.45, 7) is 6.25. The van der Waals surface area contributed by atoms with Crippen molar-refractivity contribution < 1.29 is 18.7 Å². The molecule has 1 atom stereocenters. The third-order valence-corrected chi connectivity index (χ3v) is 4.90. The van der Waals surface area contributed by atoms with E-state index in [4.69, 9.17) is 9.47 Å². The first-order chi connectivity index (χ1) is 12.2. The fraction of sp³-hybridized carbons (Fsp3) is 0.632. The molecule has 2 aliphatic heterocycles. The lowest BCUT2D eigenvalue weighted by Crippen LogP contribution is -2.44. The molecule has 0 N–H and O–H groups in total. The lowest BCUT2D eigenvalue weighted by atomic mass is 9.98. The first-order valence-electron chi connectivity index (χ1n) is 9.17. The van der Waals surface area contributed by atoms with Crippen molar-refractivity contribution in [2.24, 2.45) is 5.92 Å². The number of amides is 1. The Morgan fingerprint density at radius 3 is 2.92 bits per heavy atom. The molecular weight excluding hydrogens is 323 g/mol. The van der Waals surface area contributed by atoms with Crippen LogP contribution in [0.2, 0.25) is 0 Å². The zero-order valence-electron chi connectivity index (χ0n) is 14.7. The van der Waals surface area contributed by atoms with Crippen LogP contribution in [0.5, 0.6) is 5.75 Å². The fourth-order valence-corrected chi connectivity index (χ4v) is 3.44. The van der Waals surface area contributed by atoms with Crippen molar-refractivity contribution in [1.29, 1.82) is 0 Å². The highest BCUT2D eigenvalue weighted by Crippen LogP contribution is 2.20. The predicted octanol–water partition coefficient (Wildman–Crippen LogP) is 2.17. The number of piperidine rings is 1. The minimum absolute atomic E-state index is 0.224. The molecule has 2 aliphatic rings. The Balaban J connectivity index is 1.41. The molecule has 6 heteroatoms. The van der Waals surface area contributed by atoms with Crippen molar-refractivity contribution >= 4 is 5.91 Å². The Kier molecular flexibility index (Phi) is 6.64. The van der Waals surface area contributed by atoms with Crippen LogP contribution in [-0.2, 0) is 9.53 Å². The van der Waals surface area contributed by atoms with Crippen LogP contribution in [0.4, 0.5) is 4.39 Å². The first kappa shape index (κ1) is 18.1. The fourth-order valence-electron chi connectivity index (χ4n) is 3.44. The Morgan fingerprint density at radius 1 is 1.28 bits per heavy atom. The van der Waals surface area contributed by atoms with Crippen molar-refractivity contribution in [3.05, 3.63) is 30.1 Å². The van der Waals surface area contributed by atoms with Crippen LogP contribution in [0.25, 0.3) is 0 Å². The molecule has 0 bridgehead atoms. The predicted molar refractivity (Wildman–Crippen MR) is 93.1 cm³/mol. The Bertz CT molecular complexity index is 563. The maximum atomic E-state index is 13.2. The summed E-state index contributed by atoms with van der Waals surface area (Å²) in [7, 11) is 0. The van der Waals surface area contributed by atoms with Crippen LogP contribution in [-0.4, -0.2) is 68.3 Å². The van der Waals surface area contributed by atoms with E-state index in [1.807, 2.05) is 4.90 Å². The molecule has 5 nitrogen and oxygen atoms in total. The summed E-state index contributed by atoms with van der Waals surface area (Å²) in [5.41, 5.74) is 0. The number of rotatable bonds is 6. The van der Waals surface area contributed by atoms with Crippen molar-refractivity contribution in [2.75, 3.05) is 52.5 Å². The second-order valence-corrected chi connectivity index (χ2v) is 6.82. The van der Waals surface area contributed by atoms with E-state index in [0.717, 1.165) is 58.8 Å². The number of likely N-dealkylation sites (tertiary alicyclic amines) is 1. The van der Waals surface area contributed by atoms with Gasteiger partial charge in [0, 0.05) is 51.1 Å². The Hall–Kier alpha value is -1.66. The highest BCUT2D eigenvalue weighted by molar-refractivity contribution is 5.76. The lowest BCUT2D eigenvalue weighted by Gasteiger charge is -2.33. The van der Waals surface area contributed by atoms with Gasteiger partial charge in [-0.05, 0) is 25.0 Å². The second-order valence-electron chi connectivity index (χ2n) is 6.82. The topological polar surface area (TPSA) is 42.0 Å². The number of benzene rings is 1. The second kappa shape index (κ2) is 9.15. The number of halogens is 1. The number of carbonyl (C=O) groups excluding carboxylic acids is 1. The largest absolute Gasteiger partial charge is 0.493 e. The molecule has 1 unspecified atom stereocenters. The average molecular weight is 350 g/mol. The zero-order valence-corrected chi connectivity index (χ0v) is 14.7. The van der Waals surface area contributed by atoms with Gasteiger partial charge in [-0.2, -0.15) is 0 Å². The van der Waals surface area contributed by atoms with Gasteiger partial charge in [0.25, 0.3) is 0 Å². The molecule has 0 spiro atoms. The van der Waals surface area contributed by atoms with Crippen molar-refractivity contribution in [1.82, 2.24) is 9.80 Å². The molecule has 2 heterocycles. The van der Waals surface area contributed by atoms with Gasteiger partial charge in [0.2, 0.25) is 5.91 Å². The highest BCUT2D eigenvalue weighted by Gasteiger charge is 2.24. The summed E-state index contributed by atoms with van der Waals surface area (Å²) in [6.07, 6.45) is 2.61. The van der Waals surface area contributed by atoms with Crippen LogP contribution in [0.1, 0.15) is 19.3 Å². The first-order valence-corrected chi connectivity index (χ1v) is 9.17. The van der Waals surface area contributed by atoms with Gasteiger partial charge in [0.1, 0.15) is 11.6 Å². The Labute approximate surface area is 148 Å². The summed E-state index contributed by atoms with van der Waals surface area (Å²) in [6, 6.07) is 6.21. The maximum Gasteiger partial charge on any atom is 0.223 e. The van der Waals surface area contributed by atoms with Crippen LogP contribution >= 0.6 is 0 Å². The summed E-state index contributed by atoms with van der Waals surface area (Å²) < 4.78 is 24.2. The SMILES string of the molecule is O=C(CCN1CCOCC1)N1CCCC(COc2cccc(F)c2)C1. The minimum Gasteiger partial charge on any atom is -0.493 e. The number of carbonyl (C=O) groups is 1. The van der Waals surface area contributed by atoms with Gasteiger partial charge in [0.05, 0.1) is 19.8 Å². The van der Waals surface area contributed by atoms with Gasteiger partial charge in [-0.15, -0.1) is 0 Å². The molecule has 1 amide bonds. The van der Waals surface area contributed by atoms with Gasteiger partial charge >= 0.3 is 0 Å². The number of morpholine rings is 1. The van der Waals surface area contributed by atoms with Gasteiger partial charge < -0.3 is 14.4 Å². The third kappa shape index (κ3) is 5.68. The molecule has 0 saturated carbocycles. The monoisotopic (exact) mass is 350 g/mol. The molecule has 1 aromatic rings. The number of ether oxygens (including phenoxy) is 2. The normalized spacial score (nSPS) is 22.0. The average Bonchev–Trinajstić information content (AvgIpc) is 2.65. The summed E-state index contributed by atoms with van der Waals surface area (Å²) in [5.74, 6) is 0.795. The summed E-state index contributed by atoms with van der Waals surface area (Å²) in [4.78, 5) is 16.7. The van der Waals surface area contributed by atoms with Crippen LogP contribution in [0, 0.1) is 11.7 Å². The molecule has 0 radical (unpaired) electrons. The summed E-state index contributed by atoms with van der Waals surface area (Å²) in [5, 5.41) is 0. The number of hydrogen-bond donors (Lipinski definition) is 0. The van der Waals surface area contributed by atoms with Gasteiger partial charge in [-0.3, -0.25) is 9.69 Å². The van der Waals surface area contributed by atoms with E-state index in [2.05, 4.69) is 4.90 Å². The van der Waals surface area contributed by atoms with Crippen molar-refractivity contribution in [2.45, 2.75) is 19.3 Å². The van der Waals surface area contributed by atoms with E-state index in [9.17, 15) is 9.18 Å². The smallest absolute Gasteiger partial charge is 0.223 e. The third-order valence-electron chi connectivity index (χ3n) is 4.90. The van der Waals surface area contributed by atoms with Crippen molar-refractivity contribution in [3.8, 4) is 5.75 Å². The lowest BCUT2D eigenvalue weighted by molar-refractivity contribution is -0.133. The highest BCUT2D eigenvalue weighted by atomic mass is 19.1. The van der Waals surface area contributed by atoms with Crippen LogP contribution in [0.3, 0.4) is 0 Å². The zero-order chi connectivity index (χ0) is 17.5. The molecule has 25 heavy (non-hydrogen) atoms. The van der Waals surface area contributed by atoms with Gasteiger partial charge in [0.15, 0.2) is 0 Å². The maximum absolute atomic E-state index is 13.2. The molecular formula is C19H27FN2O3. The standard InChI is InChI=1S/C19H27FN2O3/c20-17-4-1-5-18(13-17)25-15-16-3-2-7-22(14-16)19(23)6-8-21-9-11-24-12-10-21/h1,4-5,13,16H,2-3,6-12,14-15H2. The van der Waals surface area contributed by atoms with E-state index in [1.165, 1.54) is 12.1 Å². The van der Waals surface area contributed by atoms with Crippen molar-refractivity contribution in [3.63, 3.8) is 0 Å². The molecule has 0 aliphatic carbocycles. The summed E-state index contributed by atoms with van der Waals surface area (Å²) >= 11 is 0. The van der Waals surface area contributed by atoms with Crippen LogP contribution < -0.4 is 4.74 Å². The quantitative estimate of drug-likeness (QED) is 0.789. The van der Waals surface area contributed by atoms with E-state index >= 15 is 0 Å². The van der Waals surface area contributed by atoms with E-state index < -0.39 is 0 Å². The van der Waals surface area contributed by atoms with E-state index in [1.54, 1.807) is 12.1 Å². The molecule has 1 aromatic carbocycles. The molecule has 2 fully saturated rings. The van der Waals surface area contributed by atoms with E-state index in [-0.39, 0.29) is 11.7 Å². The van der Waals surface area contributed by atoms with E-state index in [0.29, 0.717) is 24.7 Å². The van der Waals surface area contributed by atoms with Gasteiger partial charge in [-0.25, -0.2) is 4.39 Å². The van der Waals surface area contributed by atoms with Gasteiger partial charge in [-0.1, -0.05) is 6.07 Å². The molecule has 2 saturated heterocycles.